The normalized spacial score (nSPS) is 18.3. The maximum atomic E-state index is 14.9. The Morgan fingerprint density at radius 1 is 1.02 bits per heavy atom. The van der Waals surface area contributed by atoms with Crippen LogP contribution >= 0.6 is 0 Å². The van der Waals surface area contributed by atoms with Crippen LogP contribution in [0.3, 0.4) is 0 Å². The van der Waals surface area contributed by atoms with E-state index >= 15 is 0 Å². The molecule has 0 fully saturated rings. The van der Waals surface area contributed by atoms with Crippen LogP contribution in [0.25, 0.3) is 10.9 Å². The molecule has 0 spiro atoms. The Balaban J connectivity index is 1.52. The molecule has 0 aliphatic heterocycles. The number of amides is 3. The van der Waals surface area contributed by atoms with Crippen molar-refractivity contribution in [2.75, 3.05) is 6.61 Å². The van der Waals surface area contributed by atoms with Crippen molar-refractivity contribution in [3.8, 4) is 0 Å². The first kappa shape index (κ1) is 41.1. The van der Waals surface area contributed by atoms with Crippen molar-refractivity contribution in [2.24, 2.45) is 11.8 Å². The van der Waals surface area contributed by atoms with Gasteiger partial charge >= 0.3 is 6.18 Å². The van der Waals surface area contributed by atoms with Crippen LogP contribution in [0.5, 0.6) is 0 Å². The number of hydrogen-bond donors (Lipinski definition) is 4. The number of H-pyrrole nitrogens is 1. The summed E-state index contributed by atoms with van der Waals surface area (Å²) in [5.74, 6) is -3.51. The molecule has 5 atom stereocenters. The summed E-state index contributed by atoms with van der Waals surface area (Å²) < 4.78 is 62.7. The molecular formula is C41H47F4N5O5. The molecule has 5 rings (SSSR count). The van der Waals surface area contributed by atoms with Crippen molar-refractivity contribution in [1.29, 1.82) is 0 Å². The fourth-order valence-electron chi connectivity index (χ4n) is 7.11. The number of carbonyl (C=O) groups is 4. The van der Waals surface area contributed by atoms with E-state index in [1.165, 1.54) is 30.3 Å². The van der Waals surface area contributed by atoms with Gasteiger partial charge in [0.15, 0.2) is 0 Å². The number of fused-ring (bicyclic) bond motifs is 3. The second-order valence-corrected chi connectivity index (χ2v) is 14.5. The molecule has 1 aliphatic carbocycles. The predicted molar refractivity (Wildman–Crippen MR) is 198 cm³/mol. The highest BCUT2D eigenvalue weighted by molar-refractivity contribution is 5.98. The lowest BCUT2D eigenvalue weighted by molar-refractivity contribution is -0.140. The van der Waals surface area contributed by atoms with Crippen LogP contribution in [0.4, 0.5) is 17.6 Å². The second kappa shape index (κ2) is 17.1. The predicted octanol–water partition coefficient (Wildman–Crippen LogP) is 6.15. The number of nitrogens with one attached hydrogen (secondary N) is 4. The molecule has 14 heteroatoms. The maximum absolute atomic E-state index is 14.9. The largest absolute Gasteiger partial charge is 0.418 e. The Labute approximate surface area is 317 Å². The number of rotatable bonds is 16. The van der Waals surface area contributed by atoms with Crippen LogP contribution in [-0.2, 0) is 56.0 Å². The van der Waals surface area contributed by atoms with Crippen LogP contribution in [0.1, 0.15) is 74.9 Å². The van der Waals surface area contributed by atoms with Crippen molar-refractivity contribution in [1.82, 2.24) is 25.9 Å². The molecule has 3 amide bonds. The molecule has 0 saturated heterocycles. The number of aldehydes is 1. The molecule has 4 aromatic rings. The van der Waals surface area contributed by atoms with E-state index in [-0.39, 0.29) is 55.4 Å². The Kier molecular flexibility index (Phi) is 12.8. The molecule has 2 aromatic carbocycles. The SMILES string of the molecule is CCC(C)[C@H](NC(=O)Cc1ccccc1F)C(=O)N[C@]1(C(=O)N[C@@](C=O)(COCc2ccncc2)C(C)CC)CCc2[nH]c3c(C(F)(F)F)cccc3c2C1. The van der Waals surface area contributed by atoms with E-state index in [4.69, 9.17) is 4.74 Å². The maximum Gasteiger partial charge on any atom is 0.418 e. The summed E-state index contributed by atoms with van der Waals surface area (Å²) >= 11 is 0. The number of alkyl halides is 3. The summed E-state index contributed by atoms with van der Waals surface area (Å²) in [6.07, 6.45) is -0.437. The van der Waals surface area contributed by atoms with Crippen LogP contribution in [0.2, 0.25) is 0 Å². The Morgan fingerprint density at radius 3 is 2.40 bits per heavy atom. The Hall–Kier alpha value is -5.11. The zero-order valence-corrected chi connectivity index (χ0v) is 31.3. The third-order valence-corrected chi connectivity index (χ3v) is 10.9. The van der Waals surface area contributed by atoms with E-state index in [9.17, 15) is 36.7 Å². The monoisotopic (exact) mass is 765 g/mol. The average Bonchev–Trinajstić information content (AvgIpc) is 3.54. The second-order valence-electron chi connectivity index (χ2n) is 14.5. The molecule has 0 radical (unpaired) electrons. The molecule has 2 aromatic heterocycles. The van der Waals surface area contributed by atoms with E-state index in [1.807, 2.05) is 13.8 Å². The van der Waals surface area contributed by atoms with Crippen molar-refractivity contribution in [2.45, 2.75) is 96.1 Å². The molecule has 294 valence electrons. The lowest BCUT2D eigenvalue weighted by atomic mass is 9.76. The van der Waals surface area contributed by atoms with E-state index in [1.54, 1.807) is 44.4 Å². The summed E-state index contributed by atoms with van der Waals surface area (Å²) in [6.45, 7) is 7.13. The third-order valence-electron chi connectivity index (χ3n) is 10.9. The number of nitrogens with zero attached hydrogens (tertiary/aromatic N) is 1. The van der Waals surface area contributed by atoms with E-state index in [0.717, 1.165) is 11.6 Å². The molecular weight excluding hydrogens is 718 g/mol. The third kappa shape index (κ3) is 9.07. The Bertz CT molecular complexity index is 2000. The van der Waals surface area contributed by atoms with Gasteiger partial charge in [0.25, 0.3) is 0 Å². The smallest absolute Gasteiger partial charge is 0.374 e. The number of para-hydroxylation sites is 1. The van der Waals surface area contributed by atoms with Gasteiger partial charge in [-0.15, -0.1) is 0 Å². The van der Waals surface area contributed by atoms with E-state index in [2.05, 4.69) is 25.9 Å². The summed E-state index contributed by atoms with van der Waals surface area (Å²) in [5, 5.41) is 8.81. The molecule has 1 aliphatic rings. The van der Waals surface area contributed by atoms with Gasteiger partial charge in [0.2, 0.25) is 17.7 Å². The highest BCUT2D eigenvalue weighted by Crippen LogP contribution is 2.40. The zero-order valence-electron chi connectivity index (χ0n) is 31.3. The number of ether oxygens (including phenoxy) is 1. The number of pyridine rings is 1. The first-order valence-corrected chi connectivity index (χ1v) is 18.5. The first-order valence-electron chi connectivity index (χ1n) is 18.5. The summed E-state index contributed by atoms with van der Waals surface area (Å²) in [5.41, 5.74) is -2.49. The molecule has 0 bridgehead atoms. The van der Waals surface area contributed by atoms with Crippen molar-refractivity contribution < 1.29 is 41.5 Å². The van der Waals surface area contributed by atoms with Gasteiger partial charge in [-0.3, -0.25) is 19.4 Å². The number of aromatic amines is 1. The standard InChI is InChI=1S/C41H47F4N5O5/c1-5-25(3)35(48-34(52)20-28-10-7-8-13-32(28)42)37(53)49-39(17-14-33-30(21-39)29-11-9-12-31(36(29)47-33)41(43,44)45)38(54)50-40(23-51,26(4)6-2)24-55-22-27-15-18-46-19-16-27/h7-13,15-16,18-19,23,25-26,35,47H,5-6,14,17,20-22,24H2,1-4H3,(H,48,52)(H,49,53)(H,50,54)/t25?,26?,35-,39+,40-/m0/s1. The van der Waals surface area contributed by atoms with Crippen LogP contribution in [-0.4, -0.2) is 57.7 Å². The number of carbonyl (C=O) groups excluding carboxylic acids is 4. The molecule has 10 nitrogen and oxygen atoms in total. The van der Waals surface area contributed by atoms with Gasteiger partial charge in [-0.2, -0.15) is 13.2 Å². The number of benzene rings is 2. The minimum atomic E-state index is -4.66. The van der Waals surface area contributed by atoms with Gasteiger partial charge < -0.3 is 30.5 Å². The topological polar surface area (TPSA) is 142 Å². The van der Waals surface area contributed by atoms with Gasteiger partial charge in [-0.05, 0) is 65.6 Å². The number of hydrogen-bond acceptors (Lipinski definition) is 6. The lowest BCUT2D eigenvalue weighted by Gasteiger charge is -2.42. The molecule has 2 heterocycles. The van der Waals surface area contributed by atoms with E-state index < -0.39 is 64.2 Å². The molecule has 55 heavy (non-hydrogen) atoms. The minimum absolute atomic E-state index is 0.0462. The average molecular weight is 766 g/mol. The van der Waals surface area contributed by atoms with Gasteiger partial charge in [0, 0.05) is 29.9 Å². The highest BCUT2D eigenvalue weighted by Gasteiger charge is 2.49. The first-order chi connectivity index (χ1) is 26.2. The van der Waals surface area contributed by atoms with Crippen LogP contribution in [0.15, 0.2) is 67.0 Å². The lowest BCUT2D eigenvalue weighted by Crippen LogP contribution is -2.69. The van der Waals surface area contributed by atoms with Crippen molar-refractivity contribution in [3.05, 3.63) is 101 Å². The number of halogens is 4. The van der Waals surface area contributed by atoms with Crippen molar-refractivity contribution >= 4 is 34.9 Å². The van der Waals surface area contributed by atoms with Gasteiger partial charge in [0.1, 0.15) is 29.2 Å². The van der Waals surface area contributed by atoms with E-state index in [0.29, 0.717) is 30.4 Å². The van der Waals surface area contributed by atoms with Crippen molar-refractivity contribution in [3.63, 3.8) is 0 Å². The van der Waals surface area contributed by atoms with Crippen LogP contribution in [0, 0.1) is 17.7 Å². The minimum Gasteiger partial charge on any atom is -0.374 e. The fourth-order valence-corrected chi connectivity index (χ4v) is 7.11. The zero-order chi connectivity index (χ0) is 40.0. The molecule has 0 saturated carbocycles. The molecule has 2 unspecified atom stereocenters. The summed E-state index contributed by atoms with van der Waals surface area (Å²) in [6, 6.07) is 11.9. The molecule has 4 N–H and O–H groups in total. The number of aromatic nitrogens is 2. The fraction of sp³-hybridized carbons (Fsp3) is 0.439. The van der Waals surface area contributed by atoms with Crippen LogP contribution < -0.4 is 16.0 Å². The van der Waals surface area contributed by atoms with Gasteiger partial charge in [-0.25, -0.2) is 4.39 Å². The highest BCUT2D eigenvalue weighted by atomic mass is 19.4. The summed E-state index contributed by atoms with van der Waals surface area (Å²) in [4.78, 5) is 62.5. The van der Waals surface area contributed by atoms with Gasteiger partial charge in [0.05, 0.1) is 30.7 Å². The number of aryl methyl sites for hydroxylation is 1. The van der Waals surface area contributed by atoms with Gasteiger partial charge in [-0.1, -0.05) is 70.9 Å². The summed E-state index contributed by atoms with van der Waals surface area (Å²) in [7, 11) is 0. The Morgan fingerprint density at radius 2 is 1.75 bits per heavy atom. The quantitative estimate of drug-likeness (QED) is 0.0797.